The van der Waals surface area contributed by atoms with Crippen LogP contribution in [-0.2, 0) is 4.79 Å². The van der Waals surface area contributed by atoms with Crippen molar-refractivity contribution < 1.29 is 9.90 Å². The number of carbonyl (C=O) groups is 1. The molecule has 1 rings (SSSR count). The molecule has 0 aliphatic rings. The summed E-state index contributed by atoms with van der Waals surface area (Å²) in [5, 5.41) is 20.8. The third kappa shape index (κ3) is 5.04. The van der Waals surface area contributed by atoms with Gasteiger partial charge in [0.2, 0.25) is 5.13 Å². The van der Waals surface area contributed by atoms with Gasteiger partial charge >= 0.3 is 5.97 Å². The molecule has 0 bridgehead atoms. The van der Waals surface area contributed by atoms with Crippen LogP contribution in [0.15, 0.2) is 4.34 Å². The van der Waals surface area contributed by atoms with Gasteiger partial charge in [-0.3, -0.25) is 4.79 Å². The number of carboxylic acids is 1. The summed E-state index contributed by atoms with van der Waals surface area (Å²) in [6.45, 7) is 2.96. The lowest BCUT2D eigenvalue weighted by Gasteiger charge is -2.07. The minimum Gasteiger partial charge on any atom is -0.481 e. The third-order valence-corrected chi connectivity index (χ3v) is 4.64. The molecule has 0 aliphatic heterocycles. The standard InChI is InChI=1S/C8H13N3O2S3/c1-5(14-2)3-9-7-10-11-8(16-7)15-4-6(12)13/h5H,3-4H2,1-2H3,(H,9,10)(H,12,13). The van der Waals surface area contributed by atoms with Crippen molar-refractivity contribution in [2.75, 3.05) is 23.9 Å². The van der Waals surface area contributed by atoms with Crippen molar-refractivity contribution in [1.82, 2.24) is 10.2 Å². The molecule has 1 heterocycles. The fourth-order valence-corrected chi connectivity index (χ4v) is 2.51. The Labute approximate surface area is 106 Å². The van der Waals surface area contributed by atoms with Gasteiger partial charge in [-0.2, -0.15) is 11.8 Å². The Balaban J connectivity index is 2.36. The Morgan fingerprint density at radius 3 is 3.00 bits per heavy atom. The van der Waals surface area contributed by atoms with Crippen LogP contribution in [0.2, 0.25) is 0 Å². The second-order valence-corrected chi connectivity index (χ2v) is 6.46. The van der Waals surface area contributed by atoms with Crippen LogP contribution >= 0.6 is 34.9 Å². The van der Waals surface area contributed by atoms with Gasteiger partial charge in [0.25, 0.3) is 0 Å². The van der Waals surface area contributed by atoms with Crippen molar-refractivity contribution in [3.05, 3.63) is 0 Å². The number of nitrogens with zero attached hydrogens (tertiary/aromatic N) is 2. The van der Waals surface area contributed by atoms with E-state index in [9.17, 15) is 4.79 Å². The summed E-state index contributed by atoms with van der Waals surface area (Å²) < 4.78 is 0.682. The maximum atomic E-state index is 10.4. The summed E-state index contributed by atoms with van der Waals surface area (Å²) in [6.07, 6.45) is 2.06. The Kier molecular flexibility index (Phi) is 5.93. The molecule has 0 aliphatic carbocycles. The maximum Gasteiger partial charge on any atom is 0.313 e. The molecular formula is C8H13N3O2S3. The summed E-state index contributed by atoms with van der Waals surface area (Å²) in [6, 6.07) is 0. The highest BCUT2D eigenvalue weighted by molar-refractivity contribution is 8.01. The number of thioether (sulfide) groups is 2. The molecule has 2 N–H and O–H groups in total. The molecular weight excluding hydrogens is 266 g/mol. The van der Waals surface area contributed by atoms with Crippen LogP contribution in [0.5, 0.6) is 0 Å². The Morgan fingerprint density at radius 1 is 1.62 bits per heavy atom. The zero-order chi connectivity index (χ0) is 12.0. The summed E-state index contributed by atoms with van der Waals surface area (Å²) in [4.78, 5) is 10.4. The van der Waals surface area contributed by atoms with E-state index in [1.165, 1.54) is 23.1 Å². The van der Waals surface area contributed by atoms with Gasteiger partial charge in [-0.15, -0.1) is 10.2 Å². The predicted molar refractivity (Wildman–Crippen MR) is 69.7 cm³/mol. The molecule has 16 heavy (non-hydrogen) atoms. The molecule has 0 aromatic carbocycles. The van der Waals surface area contributed by atoms with Crippen LogP contribution in [0.3, 0.4) is 0 Å². The normalized spacial score (nSPS) is 12.4. The molecule has 1 unspecified atom stereocenters. The first-order valence-corrected chi connectivity index (χ1v) is 7.65. The van der Waals surface area contributed by atoms with Crippen molar-refractivity contribution in [3.63, 3.8) is 0 Å². The van der Waals surface area contributed by atoms with Crippen LogP contribution < -0.4 is 5.32 Å². The predicted octanol–water partition coefficient (Wildman–Crippen LogP) is 1.88. The van der Waals surface area contributed by atoms with Crippen LogP contribution in [-0.4, -0.2) is 45.1 Å². The number of hydrogen-bond donors (Lipinski definition) is 2. The number of hydrogen-bond acceptors (Lipinski definition) is 7. The Bertz CT molecular complexity index is 345. The second kappa shape index (κ2) is 6.97. The van der Waals surface area contributed by atoms with E-state index < -0.39 is 5.97 Å². The van der Waals surface area contributed by atoms with E-state index in [1.54, 1.807) is 11.8 Å². The highest BCUT2D eigenvalue weighted by Gasteiger charge is 2.07. The fourth-order valence-electron chi connectivity index (χ4n) is 0.777. The third-order valence-electron chi connectivity index (χ3n) is 1.67. The number of nitrogens with one attached hydrogen (secondary N) is 1. The molecule has 8 heteroatoms. The largest absolute Gasteiger partial charge is 0.481 e. The van der Waals surface area contributed by atoms with Crippen LogP contribution in [0, 0.1) is 0 Å². The first-order chi connectivity index (χ1) is 7.61. The minimum absolute atomic E-state index is 0.0237. The SMILES string of the molecule is CSC(C)CNc1nnc(SCC(=O)O)s1. The number of aromatic nitrogens is 2. The lowest BCUT2D eigenvalue weighted by molar-refractivity contribution is -0.133. The van der Waals surface area contributed by atoms with Gasteiger partial charge < -0.3 is 10.4 Å². The van der Waals surface area contributed by atoms with Crippen LogP contribution in [0.1, 0.15) is 6.92 Å². The smallest absolute Gasteiger partial charge is 0.313 e. The lowest BCUT2D eigenvalue weighted by atomic mass is 10.5. The molecule has 1 aromatic rings. The average molecular weight is 279 g/mol. The molecule has 0 saturated carbocycles. The van der Waals surface area contributed by atoms with Crippen molar-refractivity contribution in [2.24, 2.45) is 0 Å². The molecule has 0 spiro atoms. The minimum atomic E-state index is -0.842. The van der Waals surface area contributed by atoms with Gasteiger partial charge in [0.05, 0.1) is 5.75 Å². The number of rotatable bonds is 7. The van der Waals surface area contributed by atoms with Crippen molar-refractivity contribution in [2.45, 2.75) is 16.5 Å². The first kappa shape index (κ1) is 13.6. The molecule has 0 saturated heterocycles. The molecule has 90 valence electrons. The van der Waals surface area contributed by atoms with E-state index in [0.29, 0.717) is 9.59 Å². The Hall–Kier alpha value is -0.470. The van der Waals surface area contributed by atoms with Gasteiger partial charge in [-0.25, -0.2) is 0 Å². The maximum absolute atomic E-state index is 10.4. The van der Waals surface area contributed by atoms with Gasteiger partial charge in [0, 0.05) is 11.8 Å². The van der Waals surface area contributed by atoms with Crippen molar-refractivity contribution in [1.29, 1.82) is 0 Å². The quantitative estimate of drug-likeness (QED) is 0.738. The molecule has 1 atom stereocenters. The average Bonchev–Trinajstić information content (AvgIpc) is 2.71. The Morgan fingerprint density at radius 2 is 2.38 bits per heavy atom. The fraction of sp³-hybridized carbons (Fsp3) is 0.625. The molecule has 0 fully saturated rings. The van der Waals surface area contributed by atoms with E-state index in [1.807, 2.05) is 0 Å². The monoisotopic (exact) mass is 279 g/mol. The lowest BCUT2D eigenvalue weighted by Crippen LogP contribution is -2.12. The van der Waals surface area contributed by atoms with E-state index in [-0.39, 0.29) is 5.75 Å². The molecule has 0 radical (unpaired) electrons. The topological polar surface area (TPSA) is 75.1 Å². The zero-order valence-corrected chi connectivity index (χ0v) is 11.4. The summed E-state index contributed by atoms with van der Waals surface area (Å²) in [7, 11) is 0. The van der Waals surface area contributed by atoms with Gasteiger partial charge in [-0.05, 0) is 6.26 Å². The zero-order valence-electron chi connectivity index (χ0n) is 8.97. The highest BCUT2D eigenvalue weighted by atomic mass is 32.2. The van der Waals surface area contributed by atoms with Crippen LogP contribution in [0.4, 0.5) is 5.13 Å². The van der Waals surface area contributed by atoms with Crippen molar-refractivity contribution >= 4 is 46.0 Å². The summed E-state index contributed by atoms with van der Waals surface area (Å²) in [5.41, 5.74) is 0. The molecule has 5 nitrogen and oxygen atoms in total. The van der Waals surface area contributed by atoms with E-state index >= 15 is 0 Å². The van der Waals surface area contributed by atoms with Gasteiger partial charge in [0.15, 0.2) is 4.34 Å². The molecule has 1 aromatic heterocycles. The number of anilines is 1. The summed E-state index contributed by atoms with van der Waals surface area (Å²) in [5.74, 6) is -0.818. The van der Waals surface area contributed by atoms with E-state index in [0.717, 1.165) is 11.7 Å². The van der Waals surface area contributed by atoms with E-state index in [4.69, 9.17) is 5.11 Å². The summed E-state index contributed by atoms with van der Waals surface area (Å²) >= 11 is 4.35. The number of carboxylic acid groups (broad SMARTS) is 1. The first-order valence-electron chi connectivity index (χ1n) is 4.56. The second-order valence-electron chi connectivity index (χ2n) is 2.98. The van der Waals surface area contributed by atoms with Gasteiger partial charge in [0.1, 0.15) is 0 Å². The van der Waals surface area contributed by atoms with Crippen LogP contribution in [0.25, 0.3) is 0 Å². The number of aliphatic carboxylic acids is 1. The molecule has 0 amide bonds. The highest BCUT2D eigenvalue weighted by Crippen LogP contribution is 2.25. The van der Waals surface area contributed by atoms with E-state index in [2.05, 4.69) is 28.7 Å². The van der Waals surface area contributed by atoms with Crippen molar-refractivity contribution in [3.8, 4) is 0 Å². The van der Waals surface area contributed by atoms with Gasteiger partial charge in [-0.1, -0.05) is 30.0 Å².